The SMILES string of the molecule is CCO[C@@H](Cc1ccc(OCCc2ccc(NCC(C)C(F)(F)F)cc2)cc1)C(=O)O. The van der Waals surface area contributed by atoms with Crippen LogP contribution in [0.25, 0.3) is 0 Å². The number of alkyl halides is 3. The fourth-order valence-electron chi connectivity index (χ4n) is 2.82. The molecule has 0 aliphatic carbocycles. The molecule has 0 amide bonds. The van der Waals surface area contributed by atoms with Gasteiger partial charge in [-0.15, -0.1) is 0 Å². The van der Waals surface area contributed by atoms with Crippen LogP contribution in [0, 0.1) is 5.92 Å². The number of aliphatic carboxylic acids is 1. The van der Waals surface area contributed by atoms with E-state index in [0.717, 1.165) is 18.1 Å². The first-order chi connectivity index (χ1) is 14.7. The van der Waals surface area contributed by atoms with Crippen LogP contribution in [0.3, 0.4) is 0 Å². The summed E-state index contributed by atoms with van der Waals surface area (Å²) in [7, 11) is 0. The van der Waals surface area contributed by atoms with Crippen molar-refractivity contribution >= 4 is 11.7 Å². The molecular weight excluding hydrogens is 411 g/mol. The maximum absolute atomic E-state index is 12.6. The molecule has 2 aromatic rings. The Labute approximate surface area is 180 Å². The molecule has 5 nitrogen and oxygen atoms in total. The summed E-state index contributed by atoms with van der Waals surface area (Å²) in [5.41, 5.74) is 2.49. The zero-order chi connectivity index (χ0) is 22.9. The molecule has 170 valence electrons. The molecule has 2 atom stereocenters. The summed E-state index contributed by atoms with van der Waals surface area (Å²) < 4.78 is 48.6. The van der Waals surface area contributed by atoms with Crippen LogP contribution in [0.1, 0.15) is 25.0 Å². The van der Waals surface area contributed by atoms with E-state index in [4.69, 9.17) is 14.6 Å². The van der Waals surface area contributed by atoms with Crippen molar-refractivity contribution in [1.29, 1.82) is 0 Å². The first-order valence-electron chi connectivity index (χ1n) is 10.1. The van der Waals surface area contributed by atoms with E-state index in [9.17, 15) is 18.0 Å². The number of carboxylic acid groups (broad SMARTS) is 1. The van der Waals surface area contributed by atoms with Gasteiger partial charge in [-0.05, 0) is 42.3 Å². The average molecular weight is 439 g/mol. The molecule has 0 aliphatic heterocycles. The van der Waals surface area contributed by atoms with Gasteiger partial charge in [0.15, 0.2) is 6.10 Å². The van der Waals surface area contributed by atoms with Crippen molar-refractivity contribution in [3.63, 3.8) is 0 Å². The number of ether oxygens (including phenoxy) is 2. The van der Waals surface area contributed by atoms with Crippen LogP contribution in [0.4, 0.5) is 18.9 Å². The molecule has 0 radical (unpaired) electrons. The Morgan fingerprint density at radius 2 is 1.68 bits per heavy atom. The molecular formula is C23H28F3NO4. The number of hydrogen-bond acceptors (Lipinski definition) is 4. The van der Waals surface area contributed by atoms with Crippen LogP contribution in [-0.2, 0) is 22.4 Å². The lowest BCUT2D eigenvalue weighted by molar-refractivity contribution is -0.165. The Kier molecular flexibility index (Phi) is 9.18. The third kappa shape index (κ3) is 8.49. The van der Waals surface area contributed by atoms with Gasteiger partial charge in [0.1, 0.15) is 5.75 Å². The number of benzene rings is 2. The zero-order valence-corrected chi connectivity index (χ0v) is 17.6. The highest BCUT2D eigenvalue weighted by molar-refractivity contribution is 5.72. The van der Waals surface area contributed by atoms with E-state index in [1.165, 1.54) is 0 Å². The van der Waals surface area contributed by atoms with Gasteiger partial charge >= 0.3 is 12.1 Å². The van der Waals surface area contributed by atoms with Gasteiger partial charge in [0.05, 0.1) is 12.5 Å². The second-order valence-electron chi connectivity index (χ2n) is 7.25. The van der Waals surface area contributed by atoms with E-state index in [2.05, 4.69) is 5.32 Å². The number of anilines is 1. The van der Waals surface area contributed by atoms with Crippen molar-refractivity contribution in [1.82, 2.24) is 0 Å². The number of hydrogen-bond donors (Lipinski definition) is 2. The zero-order valence-electron chi connectivity index (χ0n) is 17.6. The van der Waals surface area contributed by atoms with Crippen molar-refractivity contribution in [3.8, 4) is 5.75 Å². The summed E-state index contributed by atoms with van der Waals surface area (Å²) in [6, 6.07) is 14.4. The molecule has 2 aromatic carbocycles. The topological polar surface area (TPSA) is 67.8 Å². The highest BCUT2D eigenvalue weighted by Gasteiger charge is 2.35. The fourth-order valence-corrected chi connectivity index (χ4v) is 2.82. The van der Waals surface area contributed by atoms with Crippen LogP contribution < -0.4 is 10.1 Å². The van der Waals surface area contributed by atoms with E-state index >= 15 is 0 Å². The Morgan fingerprint density at radius 3 is 2.23 bits per heavy atom. The molecule has 0 bridgehead atoms. The molecule has 0 aliphatic rings. The Morgan fingerprint density at radius 1 is 1.06 bits per heavy atom. The molecule has 2 N–H and O–H groups in total. The first-order valence-corrected chi connectivity index (χ1v) is 10.1. The molecule has 8 heteroatoms. The number of rotatable bonds is 12. The minimum Gasteiger partial charge on any atom is -0.493 e. The summed E-state index contributed by atoms with van der Waals surface area (Å²) in [5, 5.41) is 11.9. The molecule has 0 heterocycles. The fraction of sp³-hybridized carbons (Fsp3) is 0.435. The van der Waals surface area contributed by atoms with Gasteiger partial charge < -0.3 is 19.9 Å². The quantitative estimate of drug-likeness (QED) is 0.490. The average Bonchev–Trinajstić information content (AvgIpc) is 2.73. The monoisotopic (exact) mass is 439 g/mol. The highest BCUT2D eigenvalue weighted by Crippen LogP contribution is 2.26. The number of carboxylic acids is 1. The van der Waals surface area contributed by atoms with Crippen LogP contribution in [0.2, 0.25) is 0 Å². The lowest BCUT2D eigenvalue weighted by Crippen LogP contribution is -2.26. The summed E-state index contributed by atoms with van der Waals surface area (Å²) in [6.07, 6.45) is -4.15. The van der Waals surface area contributed by atoms with Crippen LogP contribution in [-0.4, -0.2) is 43.1 Å². The van der Waals surface area contributed by atoms with Crippen molar-refractivity contribution in [2.24, 2.45) is 5.92 Å². The van der Waals surface area contributed by atoms with Gasteiger partial charge in [0.25, 0.3) is 0 Å². The van der Waals surface area contributed by atoms with Gasteiger partial charge in [0.2, 0.25) is 0 Å². The molecule has 1 unspecified atom stereocenters. The van der Waals surface area contributed by atoms with Crippen LogP contribution in [0.15, 0.2) is 48.5 Å². The Balaban J connectivity index is 1.77. The third-order valence-electron chi connectivity index (χ3n) is 4.77. The lowest BCUT2D eigenvalue weighted by Gasteiger charge is -2.17. The molecule has 0 fully saturated rings. The van der Waals surface area contributed by atoms with Gasteiger partial charge in [-0.25, -0.2) is 4.79 Å². The second kappa shape index (κ2) is 11.6. The third-order valence-corrected chi connectivity index (χ3v) is 4.77. The number of nitrogens with one attached hydrogen (secondary N) is 1. The predicted octanol–water partition coefficient (Wildman–Crippen LogP) is 4.95. The van der Waals surface area contributed by atoms with E-state index in [0.29, 0.717) is 31.1 Å². The lowest BCUT2D eigenvalue weighted by atomic mass is 10.1. The largest absolute Gasteiger partial charge is 0.493 e. The van der Waals surface area contributed by atoms with E-state index in [1.54, 1.807) is 31.2 Å². The van der Waals surface area contributed by atoms with E-state index in [1.807, 2.05) is 24.3 Å². The molecule has 0 saturated heterocycles. The Hall–Kier alpha value is -2.74. The molecule has 2 rings (SSSR count). The van der Waals surface area contributed by atoms with Crippen molar-refractivity contribution in [2.75, 3.05) is 25.1 Å². The van der Waals surface area contributed by atoms with Crippen molar-refractivity contribution in [2.45, 2.75) is 39.0 Å². The van der Waals surface area contributed by atoms with Gasteiger partial charge in [-0.1, -0.05) is 31.2 Å². The van der Waals surface area contributed by atoms with E-state index in [-0.39, 0.29) is 13.0 Å². The predicted molar refractivity (Wildman–Crippen MR) is 113 cm³/mol. The normalized spacial score (nSPS) is 13.5. The Bertz CT molecular complexity index is 807. The summed E-state index contributed by atoms with van der Waals surface area (Å²) in [6.45, 7) is 3.51. The summed E-state index contributed by atoms with van der Waals surface area (Å²) in [5.74, 6) is -1.73. The standard InChI is InChI=1S/C23H28F3NO4/c1-3-30-21(22(28)29)14-18-6-10-20(11-7-18)31-13-12-17-4-8-19(9-5-17)27-15-16(2)23(24,25)26/h4-11,16,21,27H,3,12-15H2,1-2H3,(H,28,29)/t16?,21-/m0/s1. The molecule has 31 heavy (non-hydrogen) atoms. The summed E-state index contributed by atoms with van der Waals surface area (Å²) >= 11 is 0. The number of halogens is 3. The van der Waals surface area contributed by atoms with Gasteiger partial charge in [-0.2, -0.15) is 13.2 Å². The van der Waals surface area contributed by atoms with Gasteiger partial charge in [-0.3, -0.25) is 0 Å². The summed E-state index contributed by atoms with van der Waals surface area (Å²) in [4.78, 5) is 11.2. The molecule has 0 saturated carbocycles. The maximum atomic E-state index is 12.6. The minimum atomic E-state index is -4.20. The van der Waals surface area contributed by atoms with Crippen LogP contribution >= 0.6 is 0 Å². The highest BCUT2D eigenvalue weighted by atomic mass is 19.4. The molecule has 0 spiro atoms. The van der Waals surface area contributed by atoms with Gasteiger partial charge in [0, 0.05) is 31.7 Å². The van der Waals surface area contributed by atoms with Crippen molar-refractivity contribution in [3.05, 3.63) is 59.7 Å². The minimum absolute atomic E-state index is 0.167. The second-order valence-corrected chi connectivity index (χ2v) is 7.25. The van der Waals surface area contributed by atoms with Crippen LogP contribution in [0.5, 0.6) is 5.75 Å². The maximum Gasteiger partial charge on any atom is 0.393 e. The number of carbonyl (C=O) groups is 1. The van der Waals surface area contributed by atoms with E-state index < -0.39 is 24.2 Å². The first kappa shape index (κ1) is 24.5. The van der Waals surface area contributed by atoms with Crippen molar-refractivity contribution < 1.29 is 32.5 Å². The smallest absolute Gasteiger partial charge is 0.393 e. The molecule has 0 aromatic heterocycles.